The summed E-state index contributed by atoms with van der Waals surface area (Å²) in [5.41, 5.74) is 0.898. The SMILES string of the molecule is C=[C]c1cc(OCCCC)cc(OC(C)C)c1. The van der Waals surface area contributed by atoms with Crippen LogP contribution >= 0.6 is 0 Å². The van der Waals surface area contributed by atoms with Crippen LogP contribution in [-0.4, -0.2) is 12.7 Å². The average Bonchev–Trinajstić information content (AvgIpc) is 2.28. The Labute approximate surface area is 104 Å². The van der Waals surface area contributed by atoms with Gasteiger partial charge in [0, 0.05) is 6.07 Å². The van der Waals surface area contributed by atoms with E-state index in [0.29, 0.717) is 0 Å². The first-order valence-electron chi connectivity index (χ1n) is 6.13. The fourth-order valence-corrected chi connectivity index (χ4v) is 1.43. The third kappa shape index (κ3) is 4.94. The summed E-state index contributed by atoms with van der Waals surface area (Å²) in [6.45, 7) is 10.5. The van der Waals surface area contributed by atoms with Crippen LogP contribution in [-0.2, 0) is 0 Å². The number of hydrogen-bond acceptors (Lipinski definition) is 2. The molecule has 93 valence electrons. The van der Waals surface area contributed by atoms with Gasteiger partial charge in [-0.2, -0.15) is 0 Å². The third-order valence-corrected chi connectivity index (χ3v) is 2.22. The van der Waals surface area contributed by atoms with Crippen molar-refractivity contribution in [3.8, 4) is 11.5 Å². The lowest BCUT2D eigenvalue weighted by Crippen LogP contribution is -2.06. The van der Waals surface area contributed by atoms with Gasteiger partial charge in [-0.05, 0) is 44.0 Å². The summed E-state index contributed by atoms with van der Waals surface area (Å²) < 4.78 is 11.3. The van der Waals surface area contributed by atoms with E-state index in [0.717, 1.165) is 36.5 Å². The first kappa shape index (κ1) is 13.6. The van der Waals surface area contributed by atoms with E-state index in [1.165, 1.54) is 0 Å². The van der Waals surface area contributed by atoms with Crippen LogP contribution in [0.3, 0.4) is 0 Å². The molecule has 0 aromatic heterocycles. The van der Waals surface area contributed by atoms with E-state index in [-0.39, 0.29) is 6.10 Å². The summed E-state index contributed by atoms with van der Waals surface area (Å²) in [5.74, 6) is 1.63. The first-order valence-corrected chi connectivity index (χ1v) is 6.13. The Morgan fingerprint density at radius 1 is 1.24 bits per heavy atom. The van der Waals surface area contributed by atoms with Crippen LogP contribution in [0.15, 0.2) is 24.8 Å². The fraction of sp³-hybridized carbons (Fsp3) is 0.467. The molecule has 1 radical (unpaired) electrons. The largest absolute Gasteiger partial charge is 0.493 e. The number of hydrogen-bond donors (Lipinski definition) is 0. The van der Waals surface area contributed by atoms with Crippen LogP contribution in [0.4, 0.5) is 0 Å². The lowest BCUT2D eigenvalue weighted by molar-refractivity contribution is 0.239. The van der Waals surface area contributed by atoms with Gasteiger partial charge in [0.15, 0.2) is 0 Å². The van der Waals surface area contributed by atoms with Gasteiger partial charge in [-0.25, -0.2) is 0 Å². The van der Waals surface area contributed by atoms with Gasteiger partial charge in [-0.3, -0.25) is 0 Å². The lowest BCUT2D eigenvalue weighted by Gasteiger charge is -2.13. The molecule has 1 aromatic carbocycles. The molecule has 0 N–H and O–H groups in total. The zero-order valence-corrected chi connectivity index (χ0v) is 11.0. The molecule has 17 heavy (non-hydrogen) atoms. The molecular weight excluding hydrogens is 212 g/mol. The topological polar surface area (TPSA) is 18.5 Å². The highest BCUT2D eigenvalue weighted by Crippen LogP contribution is 2.24. The molecule has 1 rings (SSSR count). The summed E-state index contributed by atoms with van der Waals surface area (Å²) in [7, 11) is 0. The van der Waals surface area contributed by atoms with Gasteiger partial charge >= 0.3 is 0 Å². The van der Waals surface area contributed by atoms with E-state index >= 15 is 0 Å². The Balaban J connectivity index is 2.77. The number of unbranched alkanes of at least 4 members (excludes halogenated alkanes) is 1. The molecule has 0 amide bonds. The number of benzene rings is 1. The van der Waals surface area contributed by atoms with Crippen LogP contribution in [0.2, 0.25) is 0 Å². The van der Waals surface area contributed by atoms with Crippen LogP contribution in [0, 0.1) is 6.08 Å². The monoisotopic (exact) mass is 233 g/mol. The zero-order chi connectivity index (χ0) is 12.7. The van der Waals surface area contributed by atoms with Gasteiger partial charge in [0.05, 0.1) is 12.7 Å². The second-order valence-corrected chi connectivity index (χ2v) is 4.24. The molecule has 0 fully saturated rings. The Morgan fingerprint density at radius 2 is 1.94 bits per heavy atom. The molecule has 2 nitrogen and oxygen atoms in total. The Morgan fingerprint density at radius 3 is 2.53 bits per heavy atom. The van der Waals surface area contributed by atoms with Gasteiger partial charge in [0.25, 0.3) is 0 Å². The van der Waals surface area contributed by atoms with Crippen molar-refractivity contribution in [2.24, 2.45) is 0 Å². The molecule has 0 spiro atoms. The molecule has 1 aromatic rings. The maximum Gasteiger partial charge on any atom is 0.123 e. The van der Waals surface area contributed by atoms with Crippen molar-refractivity contribution in [3.05, 3.63) is 36.4 Å². The number of rotatable bonds is 7. The molecule has 0 bridgehead atoms. The summed E-state index contributed by atoms with van der Waals surface area (Å²) in [6, 6.07) is 5.76. The predicted octanol–water partition coefficient (Wildman–Crippen LogP) is 3.99. The van der Waals surface area contributed by atoms with Gasteiger partial charge in [0.2, 0.25) is 0 Å². The van der Waals surface area contributed by atoms with E-state index in [1.807, 2.05) is 32.0 Å². The highest BCUT2D eigenvalue weighted by atomic mass is 16.5. The summed E-state index contributed by atoms with van der Waals surface area (Å²) in [6.07, 6.45) is 5.20. The maximum absolute atomic E-state index is 5.66. The first-order chi connectivity index (χ1) is 8.15. The van der Waals surface area contributed by atoms with E-state index < -0.39 is 0 Å². The van der Waals surface area contributed by atoms with Gasteiger partial charge in [0.1, 0.15) is 11.5 Å². The zero-order valence-electron chi connectivity index (χ0n) is 11.0. The summed E-state index contributed by atoms with van der Waals surface area (Å²) in [5, 5.41) is 0. The normalized spacial score (nSPS) is 10.4. The summed E-state index contributed by atoms with van der Waals surface area (Å²) in [4.78, 5) is 0. The van der Waals surface area contributed by atoms with Crippen molar-refractivity contribution in [3.63, 3.8) is 0 Å². The second-order valence-electron chi connectivity index (χ2n) is 4.24. The quantitative estimate of drug-likeness (QED) is 0.663. The minimum atomic E-state index is 0.151. The van der Waals surface area contributed by atoms with Crippen molar-refractivity contribution >= 4 is 0 Å². The molecule has 0 aliphatic carbocycles. The molecule has 2 heteroatoms. The van der Waals surface area contributed by atoms with Crippen molar-refractivity contribution in [1.29, 1.82) is 0 Å². The molecule has 0 aliphatic rings. The van der Waals surface area contributed by atoms with Gasteiger partial charge in [-0.15, -0.1) is 0 Å². The Bertz CT molecular complexity index is 356. The van der Waals surface area contributed by atoms with Gasteiger partial charge < -0.3 is 9.47 Å². The van der Waals surface area contributed by atoms with E-state index in [4.69, 9.17) is 9.47 Å². The molecule has 0 saturated heterocycles. The van der Waals surface area contributed by atoms with Gasteiger partial charge in [-0.1, -0.05) is 19.9 Å². The minimum absolute atomic E-state index is 0.151. The number of ether oxygens (including phenoxy) is 2. The summed E-state index contributed by atoms with van der Waals surface area (Å²) >= 11 is 0. The van der Waals surface area contributed by atoms with E-state index in [9.17, 15) is 0 Å². The molecule has 0 heterocycles. The maximum atomic E-state index is 5.66. The molecule has 0 saturated carbocycles. The van der Waals surface area contributed by atoms with Crippen molar-refractivity contribution < 1.29 is 9.47 Å². The molecule has 0 atom stereocenters. The average molecular weight is 233 g/mol. The fourth-order valence-electron chi connectivity index (χ4n) is 1.43. The van der Waals surface area contributed by atoms with E-state index in [1.54, 1.807) is 0 Å². The smallest absolute Gasteiger partial charge is 0.123 e. The Hall–Kier alpha value is -1.44. The van der Waals surface area contributed by atoms with E-state index in [2.05, 4.69) is 19.6 Å². The highest BCUT2D eigenvalue weighted by molar-refractivity contribution is 5.40. The van der Waals surface area contributed by atoms with Crippen LogP contribution in [0.5, 0.6) is 11.5 Å². The molecule has 0 unspecified atom stereocenters. The lowest BCUT2D eigenvalue weighted by atomic mass is 10.2. The third-order valence-electron chi connectivity index (χ3n) is 2.22. The van der Waals surface area contributed by atoms with Crippen LogP contribution in [0.25, 0.3) is 0 Å². The van der Waals surface area contributed by atoms with Crippen molar-refractivity contribution in [2.75, 3.05) is 6.61 Å². The predicted molar refractivity (Wildman–Crippen MR) is 70.6 cm³/mol. The minimum Gasteiger partial charge on any atom is -0.493 e. The Kier molecular flexibility index (Phi) is 5.61. The van der Waals surface area contributed by atoms with Crippen LogP contribution < -0.4 is 9.47 Å². The highest BCUT2D eigenvalue weighted by Gasteiger charge is 2.03. The second kappa shape index (κ2) is 7.00. The van der Waals surface area contributed by atoms with Crippen LogP contribution in [0.1, 0.15) is 39.2 Å². The molecule has 0 aliphatic heterocycles. The standard InChI is InChI=1S/C15H21O2/c1-5-7-8-16-14-9-13(6-2)10-15(11-14)17-12(3)4/h9-12H,2,5,7-8H2,1,3-4H3. The van der Waals surface area contributed by atoms with Crippen molar-refractivity contribution in [2.45, 2.75) is 39.7 Å². The van der Waals surface area contributed by atoms with Crippen molar-refractivity contribution in [1.82, 2.24) is 0 Å². The molecular formula is C15H21O2.